The van der Waals surface area contributed by atoms with Crippen molar-refractivity contribution in [1.82, 2.24) is 14.9 Å². The zero-order valence-electron chi connectivity index (χ0n) is 21.9. The molecular formula is C31H34N4O2S. The van der Waals surface area contributed by atoms with Gasteiger partial charge in [0.05, 0.1) is 12.0 Å². The zero-order valence-corrected chi connectivity index (χ0v) is 22.8. The van der Waals surface area contributed by atoms with Crippen molar-refractivity contribution in [2.24, 2.45) is 5.92 Å². The Kier molecular flexibility index (Phi) is 7.38. The van der Waals surface area contributed by atoms with Gasteiger partial charge < -0.3 is 14.5 Å². The number of amides is 1. The van der Waals surface area contributed by atoms with E-state index < -0.39 is 0 Å². The smallest absolute Gasteiger partial charge is 0.248 e. The summed E-state index contributed by atoms with van der Waals surface area (Å²) in [6.45, 7) is 5.81. The molecule has 0 radical (unpaired) electrons. The molecule has 38 heavy (non-hydrogen) atoms. The molecule has 7 heteroatoms. The van der Waals surface area contributed by atoms with E-state index in [2.05, 4.69) is 36.1 Å². The number of hydrogen-bond donors (Lipinski definition) is 0. The van der Waals surface area contributed by atoms with E-state index in [-0.39, 0.29) is 12.5 Å². The van der Waals surface area contributed by atoms with E-state index in [0.717, 1.165) is 60.3 Å². The van der Waals surface area contributed by atoms with Crippen molar-refractivity contribution >= 4 is 33.3 Å². The van der Waals surface area contributed by atoms with Crippen molar-refractivity contribution in [3.8, 4) is 0 Å². The summed E-state index contributed by atoms with van der Waals surface area (Å²) in [5, 5.41) is 1.25. The molecule has 6 nitrogen and oxygen atoms in total. The van der Waals surface area contributed by atoms with E-state index in [1.54, 1.807) is 0 Å². The molecule has 6 rings (SSSR count). The van der Waals surface area contributed by atoms with Crippen LogP contribution in [-0.2, 0) is 35.4 Å². The molecule has 1 unspecified atom stereocenters. The maximum Gasteiger partial charge on any atom is 0.248 e. The number of carbonyl (C=O) groups is 1. The van der Waals surface area contributed by atoms with Crippen LogP contribution in [0.25, 0.3) is 10.2 Å². The molecule has 0 N–H and O–H groups in total. The van der Waals surface area contributed by atoms with E-state index in [1.165, 1.54) is 27.8 Å². The summed E-state index contributed by atoms with van der Waals surface area (Å²) in [7, 11) is 0. The Labute approximate surface area is 228 Å². The SMILES string of the molecule is CC1CCc2c(sc3nc(Cc4ccccc4)nc(N4CCN(C(=O)COCc5ccccc5)CC4)c23)C1. The lowest BCUT2D eigenvalue weighted by Crippen LogP contribution is -2.50. The number of hydrogen-bond acceptors (Lipinski definition) is 6. The largest absolute Gasteiger partial charge is 0.367 e. The van der Waals surface area contributed by atoms with Gasteiger partial charge in [-0.05, 0) is 41.9 Å². The van der Waals surface area contributed by atoms with Crippen LogP contribution in [0.4, 0.5) is 5.82 Å². The van der Waals surface area contributed by atoms with Gasteiger partial charge in [0, 0.05) is 37.5 Å². The summed E-state index contributed by atoms with van der Waals surface area (Å²) in [6.07, 6.45) is 4.17. The molecule has 2 aromatic carbocycles. The first-order valence-corrected chi connectivity index (χ1v) is 14.4. The fraction of sp³-hybridized carbons (Fsp3) is 0.387. The summed E-state index contributed by atoms with van der Waals surface area (Å²) in [5.74, 6) is 2.70. The van der Waals surface area contributed by atoms with Crippen molar-refractivity contribution in [3.05, 3.63) is 88.1 Å². The Balaban J connectivity index is 1.19. The predicted molar refractivity (Wildman–Crippen MR) is 153 cm³/mol. The quantitative estimate of drug-likeness (QED) is 0.328. The second-order valence-electron chi connectivity index (χ2n) is 10.5. The summed E-state index contributed by atoms with van der Waals surface area (Å²) >= 11 is 1.86. The van der Waals surface area contributed by atoms with E-state index in [0.29, 0.717) is 19.7 Å². The normalized spacial score (nSPS) is 17.6. The minimum atomic E-state index is 0.0556. The molecular weight excluding hydrogens is 492 g/mol. The number of thiophene rings is 1. The Hall–Kier alpha value is -3.29. The highest BCUT2D eigenvalue weighted by molar-refractivity contribution is 7.19. The third-order valence-electron chi connectivity index (χ3n) is 7.66. The molecule has 1 aliphatic heterocycles. The highest BCUT2D eigenvalue weighted by Crippen LogP contribution is 2.41. The number of aryl methyl sites for hydroxylation is 1. The highest BCUT2D eigenvalue weighted by Gasteiger charge is 2.28. The zero-order chi connectivity index (χ0) is 25.9. The Morgan fingerprint density at radius 1 is 0.974 bits per heavy atom. The van der Waals surface area contributed by atoms with Crippen LogP contribution in [0.5, 0.6) is 0 Å². The topological polar surface area (TPSA) is 58.6 Å². The fourth-order valence-electron chi connectivity index (χ4n) is 5.54. The molecule has 1 aliphatic carbocycles. The molecule has 0 bridgehead atoms. The molecule has 3 heterocycles. The van der Waals surface area contributed by atoms with Crippen LogP contribution in [0.1, 0.15) is 40.7 Å². The van der Waals surface area contributed by atoms with Gasteiger partial charge in [-0.15, -0.1) is 11.3 Å². The lowest BCUT2D eigenvalue weighted by Gasteiger charge is -2.36. The molecule has 0 spiro atoms. The molecule has 1 atom stereocenters. The Bertz CT molecular complexity index is 1400. The number of aromatic nitrogens is 2. The molecule has 2 aliphatic rings. The van der Waals surface area contributed by atoms with Crippen molar-refractivity contribution in [2.75, 3.05) is 37.7 Å². The predicted octanol–water partition coefficient (Wildman–Crippen LogP) is 5.27. The summed E-state index contributed by atoms with van der Waals surface area (Å²) in [4.78, 5) is 30.0. The van der Waals surface area contributed by atoms with Gasteiger partial charge in [0.25, 0.3) is 0 Å². The number of benzene rings is 2. The molecule has 0 saturated carbocycles. The highest BCUT2D eigenvalue weighted by atomic mass is 32.1. The average Bonchev–Trinajstić information content (AvgIpc) is 3.31. The second kappa shape index (κ2) is 11.2. The average molecular weight is 527 g/mol. The first-order valence-electron chi connectivity index (χ1n) is 13.6. The monoisotopic (exact) mass is 526 g/mol. The lowest BCUT2D eigenvalue weighted by molar-refractivity contribution is -0.136. The van der Waals surface area contributed by atoms with Crippen LogP contribution in [0.3, 0.4) is 0 Å². The van der Waals surface area contributed by atoms with Gasteiger partial charge in [-0.25, -0.2) is 9.97 Å². The van der Waals surface area contributed by atoms with Gasteiger partial charge >= 0.3 is 0 Å². The Morgan fingerprint density at radius 3 is 2.42 bits per heavy atom. The molecule has 1 amide bonds. The second-order valence-corrected chi connectivity index (χ2v) is 11.6. The first-order chi connectivity index (χ1) is 18.6. The minimum absolute atomic E-state index is 0.0556. The van der Waals surface area contributed by atoms with Gasteiger partial charge in [-0.1, -0.05) is 67.6 Å². The van der Waals surface area contributed by atoms with Crippen LogP contribution in [0, 0.1) is 5.92 Å². The lowest BCUT2D eigenvalue weighted by atomic mass is 9.89. The maximum atomic E-state index is 12.8. The maximum absolute atomic E-state index is 12.8. The molecule has 1 fully saturated rings. The number of piperazine rings is 1. The Morgan fingerprint density at radius 2 is 1.68 bits per heavy atom. The minimum Gasteiger partial charge on any atom is -0.367 e. The van der Waals surface area contributed by atoms with Crippen molar-refractivity contribution in [3.63, 3.8) is 0 Å². The van der Waals surface area contributed by atoms with E-state index in [4.69, 9.17) is 14.7 Å². The molecule has 1 saturated heterocycles. The van der Waals surface area contributed by atoms with E-state index >= 15 is 0 Å². The number of anilines is 1. The molecule has 2 aromatic heterocycles. The van der Waals surface area contributed by atoms with Gasteiger partial charge in [-0.2, -0.15) is 0 Å². The van der Waals surface area contributed by atoms with Crippen LogP contribution >= 0.6 is 11.3 Å². The van der Waals surface area contributed by atoms with Crippen molar-refractivity contribution in [1.29, 1.82) is 0 Å². The van der Waals surface area contributed by atoms with Gasteiger partial charge in [0.2, 0.25) is 5.91 Å². The summed E-state index contributed by atoms with van der Waals surface area (Å²) in [6, 6.07) is 20.4. The van der Waals surface area contributed by atoms with Crippen LogP contribution in [0.15, 0.2) is 60.7 Å². The van der Waals surface area contributed by atoms with E-state index in [9.17, 15) is 4.79 Å². The summed E-state index contributed by atoms with van der Waals surface area (Å²) < 4.78 is 5.71. The van der Waals surface area contributed by atoms with Crippen LogP contribution < -0.4 is 4.90 Å². The van der Waals surface area contributed by atoms with Crippen molar-refractivity contribution in [2.45, 2.75) is 39.2 Å². The number of nitrogens with zero attached hydrogens (tertiary/aromatic N) is 4. The van der Waals surface area contributed by atoms with Gasteiger partial charge in [0.1, 0.15) is 23.1 Å². The molecule has 196 valence electrons. The third kappa shape index (κ3) is 5.45. The fourth-order valence-corrected chi connectivity index (χ4v) is 6.94. The van der Waals surface area contributed by atoms with Crippen molar-refractivity contribution < 1.29 is 9.53 Å². The van der Waals surface area contributed by atoms with Gasteiger partial charge in [-0.3, -0.25) is 4.79 Å². The number of ether oxygens (including phenoxy) is 1. The molecule has 4 aromatic rings. The first kappa shape index (κ1) is 25.0. The van der Waals surface area contributed by atoms with Crippen LogP contribution in [-0.4, -0.2) is 53.6 Å². The number of carbonyl (C=O) groups excluding carboxylic acids is 1. The number of rotatable bonds is 7. The third-order valence-corrected chi connectivity index (χ3v) is 8.80. The summed E-state index contributed by atoms with van der Waals surface area (Å²) in [5.41, 5.74) is 3.76. The van der Waals surface area contributed by atoms with Gasteiger partial charge in [0.15, 0.2) is 0 Å². The standard InChI is InChI=1S/C31H34N4O2S/c1-22-12-13-25-26(18-22)38-31-29(25)30(32-27(33-31)19-23-8-4-2-5-9-23)35-16-14-34(15-17-35)28(36)21-37-20-24-10-6-3-7-11-24/h2-11,22H,12-21H2,1H3. The number of fused-ring (bicyclic) bond motifs is 3. The van der Waals surface area contributed by atoms with Crippen LogP contribution in [0.2, 0.25) is 0 Å². The van der Waals surface area contributed by atoms with E-state index in [1.807, 2.05) is 52.6 Å².